The van der Waals surface area contributed by atoms with Crippen LogP contribution in [0.4, 0.5) is 0 Å². The summed E-state index contributed by atoms with van der Waals surface area (Å²) in [7, 11) is 0. The molecule has 0 aliphatic heterocycles. The molecule has 0 aliphatic carbocycles. The lowest BCUT2D eigenvalue weighted by Gasteiger charge is -2.12. The second-order valence-corrected chi connectivity index (χ2v) is 5.68. The van der Waals surface area contributed by atoms with Crippen molar-refractivity contribution in [2.75, 3.05) is 0 Å². The molecule has 17 heavy (non-hydrogen) atoms. The van der Waals surface area contributed by atoms with Gasteiger partial charge in [-0.15, -0.1) is 11.3 Å². The lowest BCUT2D eigenvalue weighted by atomic mass is 10.1. The third kappa shape index (κ3) is 3.14. The standard InChI is InChI=1S/C14H18N2S/c1-10-7-14(17-12(10)3)9-16-11(2)13-5-4-6-15-8-13/h4-8,11,16H,9H2,1-3H3. The summed E-state index contributed by atoms with van der Waals surface area (Å²) in [5.74, 6) is 0. The van der Waals surface area contributed by atoms with E-state index in [4.69, 9.17) is 0 Å². The Hall–Kier alpha value is -1.19. The van der Waals surface area contributed by atoms with E-state index in [0.29, 0.717) is 6.04 Å². The first kappa shape index (κ1) is 12.3. The van der Waals surface area contributed by atoms with Crippen molar-refractivity contribution in [1.82, 2.24) is 10.3 Å². The van der Waals surface area contributed by atoms with Gasteiger partial charge >= 0.3 is 0 Å². The summed E-state index contributed by atoms with van der Waals surface area (Å²) in [5, 5.41) is 3.53. The van der Waals surface area contributed by atoms with Crippen molar-refractivity contribution >= 4 is 11.3 Å². The molecule has 1 atom stereocenters. The first-order valence-corrected chi connectivity index (χ1v) is 6.67. The van der Waals surface area contributed by atoms with Crippen molar-refractivity contribution in [2.24, 2.45) is 0 Å². The second-order valence-electron chi connectivity index (χ2n) is 4.34. The van der Waals surface area contributed by atoms with E-state index < -0.39 is 0 Å². The molecule has 1 unspecified atom stereocenters. The van der Waals surface area contributed by atoms with Gasteiger partial charge in [-0.2, -0.15) is 0 Å². The molecule has 90 valence electrons. The summed E-state index contributed by atoms with van der Waals surface area (Å²) < 4.78 is 0. The molecule has 0 saturated heterocycles. The van der Waals surface area contributed by atoms with Crippen molar-refractivity contribution in [3.8, 4) is 0 Å². The quantitative estimate of drug-likeness (QED) is 0.891. The van der Waals surface area contributed by atoms with E-state index in [1.165, 1.54) is 20.9 Å². The van der Waals surface area contributed by atoms with Gasteiger partial charge < -0.3 is 5.32 Å². The van der Waals surface area contributed by atoms with Crippen LogP contribution in [0.25, 0.3) is 0 Å². The van der Waals surface area contributed by atoms with E-state index >= 15 is 0 Å². The lowest BCUT2D eigenvalue weighted by molar-refractivity contribution is 0.577. The van der Waals surface area contributed by atoms with Gasteiger partial charge in [0.15, 0.2) is 0 Å². The molecule has 3 heteroatoms. The summed E-state index contributed by atoms with van der Waals surface area (Å²) in [6, 6.07) is 6.69. The van der Waals surface area contributed by atoms with Crippen LogP contribution in [-0.2, 0) is 6.54 Å². The molecule has 0 aromatic carbocycles. The van der Waals surface area contributed by atoms with Crippen LogP contribution in [0.15, 0.2) is 30.6 Å². The van der Waals surface area contributed by atoms with Crippen LogP contribution in [0.1, 0.15) is 33.8 Å². The summed E-state index contributed by atoms with van der Waals surface area (Å²) in [6.07, 6.45) is 3.73. The number of aryl methyl sites for hydroxylation is 2. The van der Waals surface area contributed by atoms with Gasteiger partial charge in [-0.25, -0.2) is 0 Å². The maximum Gasteiger partial charge on any atom is 0.0315 e. The lowest BCUT2D eigenvalue weighted by Crippen LogP contribution is -2.17. The van der Waals surface area contributed by atoms with E-state index in [1.54, 1.807) is 0 Å². The SMILES string of the molecule is Cc1cc(CNC(C)c2cccnc2)sc1C. The van der Waals surface area contributed by atoms with E-state index in [-0.39, 0.29) is 0 Å². The number of nitrogens with one attached hydrogen (secondary N) is 1. The maximum atomic E-state index is 4.14. The molecule has 2 aromatic rings. The number of aromatic nitrogens is 1. The van der Waals surface area contributed by atoms with Crippen LogP contribution < -0.4 is 5.32 Å². The van der Waals surface area contributed by atoms with Gasteiger partial charge in [0.25, 0.3) is 0 Å². The van der Waals surface area contributed by atoms with Gasteiger partial charge in [-0.1, -0.05) is 6.07 Å². The van der Waals surface area contributed by atoms with Gasteiger partial charge in [-0.05, 0) is 44.0 Å². The molecule has 0 radical (unpaired) electrons. The molecule has 0 spiro atoms. The van der Waals surface area contributed by atoms with Crippen LogP contribution in [0.2, 0.25) is 0 Å². The Morgan fingerprint density at radius 2 is 2.24 bits per heavy atom. The van der Waals surface area contributed by atoms with E-state index in [1.807, 2.05) is 29.8 Å². The molecule has 0 bridgehead atoms. The second kappa shape index (κ2) is 5.43. The molecule has 2 aromatic heterocycles. The van der Waals surface area contributed by atoms with Crippen molar-refractivity contribution in [1.29, 1.82) is 0 Å². The van der Waals surface area contributed by atoms with Crippen LogP contribution in [-0.4, -0.2) is 4.98 Å². The first-order chi connectivity index (χ1) is 8.16. The first-order valence-electron chi connectivity index (χ1n) is 5.86. The van der Waals surface area contributed by atoms with E-state index in [9.17, 15) is 0 Å². The third-order valence-electron chi connectivity index (χ3n) is 2.98. The zero-order chi connectivity index (χ0) is 12.3. The number of hydrogen-bond acceptors (Lipinski definition) is 3. The highest BCUT2D eigenvalue weighted by Crippen LogP contribution is 2.21. The maximum absolute atomic E-state index is 4.14. The Morgan fingerprint density at radius 3 is 2.82 bits per heavy atom. The molecule has 0 aliphatic rings. The number of thiophene rings is 1. The van der Waals surface area contributed by atoms with Crippen LogP contribution >= 0.6 is 11.3 Å². The average molecular weight is 246 g/mol. The van der Waals surface area contributed by atoms with Crippen molar-refractivity contribution in [3.63, 3.8) is 0 Å². The zero-order valence-electron chi connectivity index (χ0n) is 10.5. The molecule has 0 fully saturated rings. The molecule has 1 N–H and O–H groups in total. The Labute approximate surface area is 107 Å². The molecular weight excluding hydrogens is 228 g/mol. The molecule has 2 heterocycles. The molecule has 0 amide bonds. The molecule has 2 rings (SSSR count). The van der Waals surface area contributed by atoms with Gasteiger partial charge in [0, 0.05) is 34.7 Å². The van der Waals surface area contributed by atoms with Gasteiger partial charge in [-0.3, -0.25) is 4.98 Å². The smallest absolute Gasteiger partial charge is 0.0315 e. The number of nitrogens with zero attached hydrogens (tertiary/aromatic N) is 1. The van der Waals surface area contributed by atoms with Crippen LogP contribution in [0.3, 0.4) is 0 Å². The Morgan fingerprint density at radius 1 is 1.41 bits per heavy atom. The molecule has 2 nitrogen and oxygen atoms in total. The highest BCUT2D eigenvalue weighted by Gasteiger charge is 2.06. The minimum Gasteiger partial charge on any atom is -0.305 e. The topological polar surface area (TPSA) is 24.9 Å². The minimum absolute atomic E-state index is 0.339. The fraction of sp³-hybridized carbons (Fsp3) is 0.357. The normalized spacial score (nSPS) is 12.6. The molecular formula is C14H18N2S. The number of hydrogen-bond donors (Lipinski definition) is 1. The number of rotatable bonds is 4. The van der Waals surface area contributed by atoms with E-state index in [0.717, 1.165) is 6.54 Å². The largest absolute Gasteiger partial charge is 0.305 e. The zero-order valence-corrected chi connectivity index (χ0v) is 11.3. The number of pyridine rings is 1. The van der Waals surface area contributed by atoms with Gasteiger partial charge in [0.1, 0.15) is 0 Å². The fourth-order valence-corrected chi connectivity index (χ4v) is 2.74. The monoisotopic (exact) mass is 246 g/mol. The Kier molecular flexibility index (Phi) is 3.92. The van der Waals surface area contributed by atoms with Crippen molar-refractivity contribution in [3.05, 3.63) is 51.5 Å². The van der Waals surface area contributed by atoms with Crippen LogP contribution in [0.5, 0.6) is 0 Å². The van der Waals surface area contributed by atoms with E-state index in [2.05, 4.69) is 43.2 Å². The predicted molar refractivity (Wildman–Crippen MR) is 73.3 cm³/mol. The predicted octanol–water partition coefficient (Wildman–Crippen LogP) is 3.61. The Bertz CT molecular complexity index is 457. The van der Waals surface area contributed by atoms with Crippen LogP contribution in [0, 0.1) is 13.8 Å². The highest BCUT2D eigenvalue weighted by atomic mass is 32.1. The Balaban J connectivity index is 1.94. The minimum atomic E-state index is 0.339. The summed E-state index contributed by atoms with van der Waals surface area (Å²) >= 11 is 1.87. The van der Waals surface area contributed by atoms with Gasteiger partial charge in [0.2, 0.25) is 0 Å². The average Bonchev–Trinajstić information content (AvgIpc) is 2.67. The summed E-state index contributed by atoms with van der Waals surface area (Å²) in [5.41, 5.74) is 2.62. The summed E-state index contributed by atoms with van der Waals surface area (Å²) in [4.78, 5) is 6.95. The summed E-state index contributed by atoms with van der Waals surface area (Å²) in [6.45, 7) is 7.44. The van der Waals surface area contributed by atoms with Crippen molar-refractivity contribution in [2.45, 2.75) is 33.4 Å². The third-order valence-corrected chi connectivity index (χ3v) is 4.14. The van der Waals surface area contributed by atoms with Gasteiger partial charge in [0.05, 0.1) is 0 Å². The molecule has 0 saturated carbocycles. The van der Waals surface area contributed by atoms with Crippen molar-refractivity contribution < 1.29 is 0 Å². The highest BCUT2D eigenvalue weighted by molar-refractivity contribution is 7.12. The fourth-order valence-electron chi connectivity index (χ4n) is 1.74.